The van der Waals surface area contributed by atoms with Gasteiger partial charge in [0.1, 0.15) is 0 Å². The minimum absolute atomic E-state index is 0.0269. The summed E-state index contributed by atoms with van der Waals surface area (Å²) in [6.45, 7) is 0.597. The Morgan fingerprint density at radius 3 is 3.11 bits per heavy atom. The molecule has 0 radical (unpaired) electrons. The van der Waals surface area contributed by atoms with Gasteiger partial charge in [0.25, 0.3) is 0 Å². The number of aliphatic hydroxyl groups excluding tert-OH is 1. The summed E-state index contributed by atoms with van der Waals surface area (Å²) < 4.78 is 4.83. The van der Waals surface area contributed by atoms with Crippen molar-refractivity contribution in [2.45, 2.75) is 12.5 Å². The monoisotopic (exact) mass is 251 g/mol. The van der Waals surface area contributed by atoms with Crippen LogP contribution in [-0.2, 0) is 16.0 Å². The lowest BCUT2D eigenvalue weighted by Crippen LogP contribution is -2.24. The highest BCUT2D eigenvalue weighted by molar-refractivity contribution is 6.00. The van der Waals surface area contributed by atoms with Crippen molar-refractivity contribution in [2.24, 2.45) is 0 Å². The van der Waals surface area contributed by atoms with Crippen LogP contribution in [0.25, 0.3) is 0 Å². The van der Waals surface area contributed by atoms with E-state index >= 15 is 0 Å². The Morgan fingerprint density at radius 2 is 2.39 bits per heavy atom. The van der Waals surface area contributed by atoms with Crippen LogP contribution in [0.1, 0.15) is 5.56 Å². The van der Waals surface area contributed by atoms with E-state index < -0.39 is 6.10 Å². The molecule has 0 saturated heterocycles. The zero-order chi connectivity index (χ0) is 13.1. The van der Waals surface area contributed by atoms with Gasteiger partial charge >= 0.3 is 0 Å². The largest absolute Gasteiger partial charge is 0.397 e. The molecule has 18 heavy (non-hydrogen) atoms. The van der Waals surface area contributed by atoms with Gasteiger partial charge in [0.15, 0.2) is 0 Å². The minimum Gasteiger partial charge on any atom is -0.397 e. The van der Waals surface area contributed by atoms with Crippen LogP contribution < -0.4 is 16.4 Å². The molecule has 2 rings (SSSR count). The number of amides is 1. The summed E-state index contributed by atoms with van der Waals surface area (Å²) in [6, 6.07) is 3.56. The first kappa shape index (κ1) is 12.7. The molecule has 1 unspecified atom stereocenters. The summed E-state index contributed by atoms with van der Waals surface area (Å²) in [5, 5.41) is 15.3. The van der Waals surface area contributed by atoms with Crippen molar-refractivity contribution in [2.75, 3.05) is 36.6 Å². The fraction of sp³-hybridized carbons (Fsp3) is 0.417. The number of anilines is 3. The average Bonchev–Trinajstić information content (AvgIpc) is 2.65. The number of aliphatic hydroxyl groups is 1. The first-order valence-electron chi connectivity index (χ1n) is 5.73. The van der Waals surface area contributed by atoms with Gasteiger partial charge in [-0.25, -0.2) is 0 Å². The van der Waals surface area contributed by atoms with Crippen LogP contribution in [0.5, 0.6) is 0 Å². The number of nitrogen functional groups attached to an aromatic ring is 1. The Hall–Kier alpha value is -1.79. The molecular weight excluding hydrogens is 234 g/mol. The standard InChI is InChI=1S/C12H17N3O3/c1-18-6-8(16)5-14-11-4-10-7(2-9(11)13)3-12(17)15-10/h2,4,8,14,16H,3,5-6,13H2,1H3,(H,15,17). The van der Waals surface area contributed by atoms with Crippen LogP contribution in [0.4, 0.5) is 17.1 Å². The van der Waals surface area contributed by atoms with E-state index in [2.05, 4.69) is 10.6 Å². The van der Waals surface area contributed by atoms with E-state index in [0.717, 1.165) is 11.3 Å². The highest BCUT2D eigenvalue weighted by atomic mass is 16.5. The van der Waals surface area contributed by atoms with E-state index in [4.69, 9.17) is 10.5 Å². The smallest absolute Gasteiger partial charge is 0.228 e. The van der Waals surface area contributed by atoms with E-state index in [1.54, 1.807) is 12.1 Å². The molecule has 0 aliphatic carbocycles. The molecule has 1 aromatic carbocycles. The molecule has 1 aromatic rings. The zero-order valence-electron chi connectivity index (χ0n) is 10.2. The average molecular weight is 251 g/mol. The minimum atomic E-state index is -0.600. The molecule has 6 heteroatoms. The summed E-state index contributed by atoms with van der Waals surface area (Å²) in [4.78, 5) is 11.2. The molecule has 0 spiro atoms. The maximum atomic E-state index is 11.2. The topological polar surface area (TPSA) is 96.6 Å². The number of ether oxygens (including phenoxy) is 1. The Balaban J connectivity index is 2.06. The number of nitrogens with two attached hydrogens (primary N) is 1. The predicted molar refractivity (Wildman–Crippen MR) is 69.6 cm³/mol. The van der Waals surface area contributed by atoms with Gasteiger partial charge in [-0.2, -0.15) is 0 Å². The maximum Gasteiger partial charge on any atom is 0.228 e. The van der Waals surface area contributed by atoms with E-state index in [0.29, 0.717) is 24.3 Å². The van der Waals surface area contributed by atoms with E-state index in [1.807, 2.05) is 0 Å². The third kappa shape index (κ3) is 2.72. The summed E-state index contributed by atoms with van der Waals surface area (Å²) in [6.07, 6.45) is -0.233. The number of methoxy groups -OCH3 is 1. The number of hydrogen-bond donors (Lipinski definition) is 4. The summed E-state index contributed by atoms with van der Waals surface area (Å²) >= 11 is 0. The Kier molecular flexibility index (Phi) is 3.69. The predicted octanol–water partition coefficient (Wildman–Crippen LogP) is 0.183. The van der Waals surface area contributed by atoms with Crippen molar-refractivity contribution in [1.29, 1.82) is 0 Å². The van der Waals surface area contributed by atoms with Crippen molar-refractivity contribution < 1.29 is 14.6 Å². The van der Waals surface area contributed by atoms with Gasteiger partial charge in [-0.3, -0.25) is 4.79 Å². The van der Waals surface area contributed by atoms with Gasteiger partial charge in [-0.15, -0.1) is 0 Å². The number of carbonyl (C=O) groups excluding carboxylic acids is 1. The molecule has 0 saturated carbocycles. The molecule has 5 N–H and O–H groups in total. The quantitative estimate of drug-likeness (QED) is 0.560. The fourth-order valence-corrected chi connectivity index (χ4v) is 1.93. The number of rotatable bonds is 5. The van der Waals surface area contributed by atoms with Crippen LogP contribution >= 0.6 is 0 Å². The van der Waals surface area contributed by atoms with E-state index in [9.17, 15) is 9.90 Å². The second-order valence-corrected chi connectivity index (χ2v) is 4.31. The molecule has 6 nitrogen and oxygen atoms in total. The first-order chi connectivity index (χ1) is 8.60. The lowest BCUT2D eigenvalue weighted by atomic mass is 10.1. The van der Waals surface area contributed by atoms with Gasteiger partial charge in [0.05, 0.1) is 30.5 Å². The van der Waals surface area contributed by atoms with Gasteiger partial charge in [0.2, 0.25) is 5.91 Å². The van der Waals surface area contributed by atoms with Crippen LogP contribution in [0.3, 0.4) is 0 Å². The number of fused-ring (bicyclic) bond motifs is 1. The molecule has 1 aliphatic rings. The highest BCUT2D eigenvalue weighted by Crippen LogP contribution is 2.31. The lowest BCUT2D eigenvalue weighted by Gasteiger charge is -2.14. The SMILES string of the molecule is COCC(O)CNc1cc2c(cc1N)CC(=O)N2. The molecule has 0 aromatic heterocycles. The third-order valence-corrected chi connectivity index (χ3v) is 2.79. The number of carbonyl (C=O) groups is 1. The van der Waals surface area contributed by atoms with E-state index in [1.165, 1.54) is 7.11 Å². The molecule has 0 bridgehead atoms. The molecular formula is C12H17N3O3. The van der Waals surface area contributed by atoms with Crippen molar-refractivity contribution >= 4 is 23.0 Å². The maximum absolute atomic E-state index is 11.2. The Bertz CT molecular complexity index is 462. The van der Waals surface area contributed by atoms with Crippen LogP contribution in [0.15, 0.2) is 12.1 Å². The fourth-order valence-electron chi connectivity index (χ4n) is 1.93. The number of hydrogen-bond acceptors (Lipinski definition) is 5. The van der Waals surface area contributed by atoms with Gasteiger partial charge in [-0.05, 0) is 17.7 Å². The molecule has 1 aliphatic heterocycles. The number of benzene rings is 1. The van der Waals surface area contributed by atoms with Crippen LogP contribution in [0.2, 0.25) is 0 Å². The molecule has 1 amide bonds. The summed E-state index contributed by atoms with van der Waals surface area (Å²) in [7, 11) is 1.53. The normalized spacial score (nSPS) is 15.1. The van der Waals surface area contributed by atoms with Crippen molar-refractivity contribution in [1.82, 2.24) is 0 Å². The first-order valence-corrected chi connectivity index (χ1v) is 5.73. The summed E-state index contributed by atoms with van der Waals surface area (Å²) in [5.74, 6) is -0.0269. The Labute approximate surface area is 105 Å². The molecule has 98 valence electrons. The highest BCUT2D eigenvalue weighted by Gasteiger charge is 2.19. The number of nitrogens with one attached hydrogen (secondary N) is 2. The van der Waals surface area contributed by atoms with Gasteiger partial charge in [0, 0.05) is 19.3 Å². The van der Waals surface area contributed by atoms with Crippen LogP contribution in [0, 0.1) is 0 Å². The molecule has 1 heterocycles. The van der Waals surface area contributed by atoms with Gasteiger partial charge < -0.3 is 26.2 Å². The molecule has 0 fully saturated rings. The van der Waals surface area contributed by atoms with Crippen LogP contribution in [-0.4, -0.2) is 37.4 Å². The molecule has 1 atom stereocenters. The van der Waals surface area contributed by atoms with Crippen molar-refractivity contribution in [3.05, 3.63) is 17.7 Å². The van der Waals surface area contributed by atoms with Crippen molar-refractivity contribution in [3.63, 3.8) is 0 Å². The zero-order valence-corrected chi connectivity index (χ0v) is 10.2. The lowest BCUT2D eigenvalue weighted by molar-refractivity contribution is -0.115. The third-order valence-electron chi connectivity index (χ3n) is 2.79. The van der Waals surface area contributed by atoms with E-state index in [-0.39, 0.29) is 12.5 Å². The Morgan fingerprint density at radius 1 is 1.61 bits per heavy atom. The van der Waals surface area contributed by atoms with Crippen molar-refractivity contribution in [3.8, 4) is 0 Å². The second kappa shape index (κ2) is 5.24. The second-order valence-electron chi connectivity index (χ2n) is 4.31. The summed E-state index contributed by atoms with van der Waals surface area (Å²) in [5.41, 5.74) is 8.83. The van der Waals surface area contributed by atoms with Gasteiger partial charge in [-0.1, -0.05) is 0 Å².